The van der Waals surface area contributed by atoms with Gasteiger partial charge in [-0.05, 0) is 58.2 Å². The van der Waals surface area contributed by atoms with Crippen molar-refractivity contribution in [2.75, 3.05) is 19.6 Å². The van der Waals surface area contributed by atoms with Crippen molar-refractivity contribution in [3.8, 4) is 0 Å². The maximum atomic E-state index is 3.51. The first-order valence-corrected chi connectivity index (χ1v) is 7.28. The molecular formula is C14H28N2. The summed E-state index contributed by atoms with van der Waals surface area (Å²) in [4.78, 5) is 2.78. The smallest absolute Gasteiger partial charge is 0.0124 e. The third-order valence-electron chi connectivity index (χ3n) is 4.53. The molecule has 94 valence electrons. The van der Waals surface area contributed by atoms with Crippen LogP contribution in [0.5, 0.6) is 0 Å². The van der Waals surface area contributed by atoms with Crippen LogP contribution in [0.25, 0.3) is 0 Å². The predicted molar refractivity (Wildman–Crippen MR) is 69.7 cm³/mol. The Morgan fingerprint density at radius 1 is 1.25 bits per heavy atom. The normalized spacial score (nSPS) is 32.6. The fourth-order valence-corrected chi connectivity index (χ4v) is 3.59. The molecule has 1 saturated carbocycles. The Bertz CT molecular complexity index is 205. The summed E-state index contributed by atoms with van der Waals surface area (Å²) in [5.74, 6) is 1.04. The van der Waals surface area contributed by atoms with E-state index in [0.29, 0.717) is 6.04 Å². The molecule has 2 fully saturated rings. The zero-order valence-corrected chi connectivity index (χ0v) is 11.0. The van der Waals surface area contributed by atoms with Gasteiger partial charge in [-0.2, -0.15) is 0 Å². The Morgan fingerprint density at radius 2 is 2.06 bits per heavy atom. The molecule has 16 heavy (non-hydrogen) atoms. The van der Waals surface area contributed by atoms with Crippen molar-refractivity contribution >= 4 is 0 Å². The fraction of sp³-hybridized carbons (Fsp3) is 1.00. The van der Waals surface area contributed by atoms with Crippen LogP contribution in [0.2, 0.25) is 0 Å². The SMILES string of the molecule is CCNC(C)CCN1CCC2CCCCC21. The van der Waals surface area contributed by atoms with Crippen molar-refractivity contribution in [2.45, 2.75) is 64.5 Å². The first-order valence-electron chi connectivity index (χ1n) is 7.28. The van der Waals surface area contributed by atoms with E-state index in [0.717, 1.165) is 18.5 Å². The predicted octanol–water partition coefficient (Wildman–Crippen LogP) is 2.64. The number of hydrogen-bond acceptors (Lipinski definition) is 2. The van der Waals surface area contributed by atoms with Crippen LogP contribution >= 0.6 is 0 Å². The third kappa shape index (κ3) is 2.98. The largest absolute Gasteiger partial charge is 0.314 e. The van der Waals surface area contributed by atoms with Gasteiger partial charge in [0.1, 0.15) is 0 Å². The monoisotopic (exact) mass is 224 g/mol. The Balaban J connectivity index is 1.73. The number of nitrogens with zero attached hydrogens (tertiary/aromatic N) is 1. The number of hydrogen-bond donors (Lipinski definition) is 1. The highest BCUT2D eigenvalue weighted by molar-refractivity contribution is 4.89. The lowest BCUT2D eigenvalue weighted by atomic mass is 9.85. The molecule has 1 N–H and O–H groups in total. The molecule has 2 nitrogen and oxygen atoms in total. The van der Waals surface area contributed by atoms with Gasteiger partial charge in [-0.15, -0.1) is 0 Å². The maximum Gasteiger partial charge on any atom is 0.0124 e. The molecular weight excluding hydrogens is 196 g/mol. The quantitative estimate of drug-likeness (QED) is 0.772. The number of nitrogens with one attached hydrogen (secondary N) is 1. The molecule has 3 atom stereocenters. The minimum Gasteiger partial charge on any atom is -0.314 e. The van der Waals surface area contributed by atoms with E-state index in [2.05, 4.69) is 24.1 Å². The van der Waals surface area contributed by atoms with Crippen LogP contribution in [0.3, 0.4) is 0 Å². The second kappa shape index (κ2) is 6.02. The molecule has 0 aromatic rings. The summed E-state index contributed by atoms with van der Waals surface area (Å²) in [7, 11) is 0. The van der Waals surface area contributed by atoms with Crippen LogP contribution in [0, 0.1) is 5.92 Å². The zero-order valence-electron chi connectivity index (χ0n) is 11.0. The Hall–Kier alpha value is -0.0800. The fourth-order valence-electron chi connectivity index (χ4n) is 3.59. The minimum absolute atomic E-state index is 0.688. The summed E-state index contributed by atoms with van der Waals surface area (Å²) in [5, 5.41) is 3.51. The van der Waals surface area contributed by atoms with E-state index < -0.39 is 0 Å². The van der Waals surface area contributed by atoms with Crippen LogP contribution in [-0.4, -0.2) is 36.6 Å². The van der Waals surface area contributed by atoms with E-state index in [1.54, 1.807) is 0 Å². The molecule has 1 saturated heterocycles. The van der Waals surface area contributed by atoms with Gasteiger partial charge in [-0.3, -0.25) is 0 Å². The molecule has 2 aliphatic rings. The van der Waals surface area contributed by atoms with Crippen molar-refractivity contribution in [1.82, 2.24) is 10.2 Å². The molecule has 2 rings (SSSR count). The van der Waals surface area contributed by atoms with Gasteiger partial charge in [0.15, 0.2) is 0 Å². The van der Waals surface area contributed by atoms with E-state index in [4.69, 9.17) is 0 Å². The van der Waals surface area contributed by atoms with Crippen LogP contribution in [0.1, 0.15) is 52.4 Å². The number of rotatable bonds is 5. The molecule has 1 aliphatic carbocycles. The van der Waals surface area contributed by atoms with Crippen molar-refractivity contribution < 1.29 is 0 Å². The van der Waals surface area contributed by atoms with Gasteiger partial charge in [0.25, 0.3) is 0 Å². The summed E-state index contributed by atoms with van der Waals surface area (Å²) in [6, 6.07) is 1.63. The van der Waals surface area contributed by atoms with E-state index in [9.17, 15) is 0 Å². The summed E-state index contributed by atoms with van der Waals surface area (Å²) in [5.41, 5.74) is 0. The Kier molecular flexibility index (Phi) is 4.66. The van der Waals surface area contributed by atoms with Crippen LogP contribution in [0.15, 0.2) is 0 Å². The Labute approximate surface area is 101 Å². The summed E-state index contributed by atoms with van der Waals surface area (Å²) in [6.45, 7) is 8.30. The topological polar surface area (TPSA) is 15.3 Å². The number of likely N-dealkylation sites (tertiary alicyclic amines) is 1. The van der Waals surface area contributed by atoms with Crippen molar-refractivity contribution in [3.63, 3.8) is 0 Å². The highest BCUT2D eigenvalue weighted by Crippen LogP contribution is 2.36. The molecule has 1 aliphatic heterocycles. The molecule has 3 unspecified atom stereocenters. The molecule has 0 aromatic carbocycles. The Morgan fingerprint density at radius 3 is 2.88 bits per heavy atom. The standard InChI is InChI=1S/C14H28N2/c1-3-15-12(2)8-10-16-11-9-13-6-4-5-7-14(13)16/h12-15H,3-11H2,1-2H3. The first kappa shape index (κ1) is 12.4. The second-order valence-electron chi connectivity index (χ2n) is 5.68. The summed E-state index contributed by atoms with van der Waals surface area (Å²) >= 11 is 0. The molecule has 0 amide bonds. The van der Waals surface area contributed by atoms with Crippen LogP contribution < -0.4 is 5.32 Å². The second-order valence-corrected chi connectivity index (χ2v) is 5.68. The van der Waals surface area contributed by atoms with Gasteiger partial charge < -0.3 is 10.2 Å². The molecule has 1 heterocycles. The lowest BCUT2D eigenvalue weighted by Crippen LogP contribution is -2.38. The van der Waals surface area contributed by atoms with Gasteiger partial charge >= 0.3 is 0 Å². The highest BCUT2D eigenvalue weighted by Gasteiger charge is 2.35. The van der Waals surface area contributed by atoms with Gasteiger partial charge in [0.05, 0.1) is 0 Å². The minimum atomic E-state index is 0.688. The van der Waals surface area contributed by atoms with Crippen molar-refractivity contribution in [2.24, 2.45) is 5.92 Å². The maximum absolute atomic E-state index is 3.51. The third-order valence-corrected chi connectivity index (χ3v) is 4.53. The number of fused-ring (bicyclic) bond motifs is 1. The summed E-state index contributed by atoms with van der Waals surface area (Å²) < 4.78 is 0. The molecule has 0 aromatic heterocycles. The summed E-state index contributed by atoms with van der Waals surface area (Å²) in [6.07, 6.45) is 8.73. The average Bonchev–Trinajstić information content (AvgIpc) is 2.70. The lowest BCUT2D eigenvalue weighted by molar-refractivity contribution is 0.176. The van der Waals surface area contributed by atoms with Crippen LogP contribution in [-0.2, 0) is 0 Å². The van der Waals surface area contributed by atoms with E-state index in [1.165, 1.54) is 51.6 Å². The van der Waals surface area contributed by atoms with Crippen molar-refractivity contribution in [3.05, 3.63) is 0 Å². The molecule has 0 bridgehead atoms. The van der Waals surface area contributed by atoms with E-state index in [-0.39, 0.29) is 0 Å². The van der Waals surface area contributed by atoms with E-state index >= 15 is 0 Å². The van der Waals surface area contributed by atoms with Crippen molar-refractivity contribution in [1.29, 1.82) is 0 Å². The van der Waals surface area contributed by atoms with E-state index in [1.807, 2.05) is 0 Å². The first-order chi connectivity index (χ1) is 7.81. The average molecular weight is 224 g/mol. The molecule has 2 heteroatoms. The van der Waals surface area contributed by atoms with Gasteiger partial charge in [0, 0.05) is 12.1 Å². The van der Waals surface area contributed by atoms with Gasteiger partial charge in [-0.25, -0.2) is 0 Å². The van der Waals surface area contributed by atoms with Gasteiger partial charge in [0.2, 0.25) is 0 Å². The highest BCUT2D eigenvalue weighted by atomic mass is 15.2. The van der Waals surface area contributed by atoms with Crippen LogP contribution in [0.4, 0.5) is 0 Å². The van der Waals surface area contributed by atoms with Gasteiger partial charge in [-0.1, -0.05) is 19.8 Å². The molecule has 0 radical (unpaired) electrons. The lowest BCUT2D eigenvalue weighted by Gasteiger charge is -2.32. The molecule has 0 spiro atoms. The zero-order chi connectivity index (χ0) is 11.4.